The van der Waals surface area contributed by atoms with Crippen LogP contribution in [0.25, 0.3) is 10.9 Å². The van der Waals surface area contributed by atoms with Crippen LogP contribution in [0.3, 0.4) is 0 Å². The van der Waals surface area contributed by atoms with Crippen molar-refractivity contribution in [3.05, 3.63) is 58.7 Å². The van der Waals surface area contributed by atoms with Crippen LogP contribution in [0.5, 0.6) is 11.5 Å². The summed E-state index contributed by atoms with van der Waals surface area (Å²) in [5.74, 6) is 1.19. The second kappa shape index (κ2) is 5.43. The van der Waals surface area contributed by atoms with Gasteiger partial charge in [0.2, 0.25) is 0 Å². The predicted molar refractivity (Wildman–Crippen MR) is 85.1 cm³/mol. The maximum Gasteiger partial charge on any atom is 0.153 e. The SMILES string of the molecule is N#Cc1cccc(Oc2ccc(N)c3cc(Br)cnc23)c1. The van der Waals surface area contributed by atoms with Gasteiger partial charge in [-0.15, -0.1) is 0 Å². The lowest BCUT2D eigenvalue weighted by atomic mass is 10.1. The van der Waals surface area contributed by atoms with E-state index in [1.54, 1.807) is 42.6 Å². The molecule has 0 aliphatic rings. The Hall–Kier alpha value is -2.58. The lowest BCUT2D eigenvalue weighted by Crippen LogP contribution is -1.93. The maximum atomic E-state index is 8.93. The van der Waals surface area contributed by atoms with Crippen LogP contribution in [-0.4, -0.2) is 4.98 Å². The number of hydrogen-bond acceptors (Lipinski definition) is 4. The average molecular weight is 340 g/mol. The molecule has 5 heteroatoms. The summed E-state index contributed by atoms with van der Waals surface area (Å²) in [6, 6.07) is 14.5. The van der Waals surface area contributed by atoms with Gasteiger partial charge in [0.05, 0.1) is 11.6 Å². The van der Waals surface area contributed by atoms with Crippen molar-refractivity contribution in [2.75, 3.05) is 5.73 Å². The molecular formula is C16H10BrN3O. The van der Waals surface area contributed by atoms with Crippen molar-refractivity contribution < 1.29 is 4.74 Å². The Morgan fingerprint density at radius 2 is 2.05 bits per heavy atom. The maximum absolute atomic E-state index is 8.93. The van der Waals surface area contributed by atoms with E-state index < -0.39 is 0 Å². The van der Waals surface area contributed by atoms with Crippen molar-refractivity contribution in [2.24, 2.45) is 0 Å². The number of nitriles is 1. The highest BCUT2D eigenvalue weighted by Crippen LogP contribution is 2.33. The minimum atomic E-state index is 0.544. The lowest BCUT2D eigenvalue weighted by molar-refractivity contribution is 0.487. The second-order valence-electron chi connectivity index (χ2n) is 4.44. The summed E-state index contributed by atoms with van der Waals surface area (Å²) in [6.45, 7) is 0. The number of rotatable bonds is 2. The Morgan fingerprint density at radius 1 is 1.19 bits per heavy atom. The van der Waals surface area contributed by atoms with E-state index >= 15 is 0 Å². The average Bonchev–Trinajstić information content (AvgIpc) is 2.50. The second-order valence-corrected chi connectivity index (χ2v) is 5.36. The van der Waals surface area contributed by atoms with Gasteiger partial charge in [-0.05, 0) is 52.3 Å². The van der Waals surface area contributed by atoms with Gasteiger partial charge in [0.15, 0.2) is 5.75 Å². The first-order chi connectivity index (χ1) is 10.2. The molecule has 1 heterocycles. The molecule has 0 aliphatic carbocycles. The monoisotopic (exact) mass is 339 g/mol. The zero-order valence-electron chi connectivity index (χ0n) is 10.9. The fraction of sp³-hybridized carbons (Fsp3) is 0. The first-order valence-corrected chi connectivity index (χ1v) is 6.98. The highest BCUT2D eigenvalue weighted by atomic mass is 79.9. The summed E-state index contributed by atoms with van der Waals surface area (Å²) in [4.78, 5) is 4.36. The molecule has 0 saturated heterocycles. The van der Waals surface area contributed by atoms with Crippen LogP contribution in [0.2, 0.25) is 0 Å². The molecule has 3 rings (SSSR count). The molecule has 4 nitrogen and oxygen atoms in total. The van der Waals surface area contributed by atoms with Gasteiger partial charge in [-0.3, -0.25) is 4.98 Å². The van der Waals surface area contributed by atoms with Gasteiger partial charge in [0.25, 0.3) is 0 Å². The number of aromatic nitrogens is 1. The number of halogens is 1. The Kier molecular flexibility index (Phi) is 3.46. The summed E-state index contributed by atoms with van der Waals surface area (Å²) >= 11 is 3.38. The van der Waals surface area contributed by atoms with Crippen LogP contribution in [0.15, 0.2) is 53.1 Å². The van der Waals surface area contributed by atoms with E-state index in [1.165, 1.54) is 0 Å². The smallest absolute Gasteiger partial charge is 0.153 e. The van der Waals surface area contributed by atoms with E-state index in [0.717, 1.165) is 9.86 Å². The van der Waals surface area contributed by atoms with Gasteiger partial charge in [-0.1, -0.05) is 6.07 Å². The molecule has 102 valence electrons. The van der Waals surface area contributed by atoms with Crippen LogP contribution in [-0.2, 0) is 0 Å². The van der Waals surface area contributed by atoms with Gasteiger partial charge in [-0.2, -0.15) is 5.26 Å². The minimum Gasteiger partial charge on any atom is -0.455 e. The van der Waals surface area contributed by atoms with Gasteiger partial charge >= 0.3 is 0 Å². The van der Waals surface area contributed by atoms with Crippen molar-refractivity contribution in [2.45, 2.75) is 0 Å². The summed E-state index contributed by atoms with van der Waals surface area (Å²) in [7, 11) is 0. The van der Waals surface area contributed by atoms with Crippen molar-refractivity contribution in [1.29, 1.82) is 5.26 Å². The van der Waals surface area contributed by atoms with E-state index in [0.29, 0.717) is 28.3 Å². The van der Waals surface area contributed by atoms with Crippen LogP contribution in [0.1, 0.15) is 5.56 Å². The third kappa shape index (κ3) is 2.67. The normalized spacial score (nSPS) is 10.3. The van der Waals surface area contributed by atoms with Crippen LogP contribution >= 0.6 is 15.9 Å². The molecule has 2 N–H and O–H groups in total. The molecule has 0 aliphatic heterocycles. The van der Waals surface area contributed by atoms with Gasteiger partial charge in [-0.25, -0.2) is 0 Å². The van der Waals surface area contributed by atoms with Crippen molar-refractivity contribution in [3.63, 3.8) is 0 Å². The van der Waals surface area contributed by atoms with Crippen LogP contribution in [0, 0.1) is 11.3 Å². The third-order valence-corrected chi connectivity index (χ3v) is 3.44. The molecule has 0 bridgehead atoms. The van der Waals surface area contributed by atoms with E-state index in [-0.39, 0.29) is 0 Å². The Labute approximate surface area is 129 Å². The molecule has 3 aromatic rings. The largest absolute Gasteiger partial charge is 0.455 e. The van der Waals surface area contributed by atoms with Gasteiger partial charge < -0.3 is 10.5 Å². The summed E-state index contributed by atoms with van der Waals surface area (Å²) < 4.78 is 6.70. The minimum absolute atomic E-state index is 0.544. The molecule has 0 spiro atoms. The number of ether oxygens (including phenoxy) is 1. The van der Waals surface area contributed by atoms with E-state index in [9.17, 15) is 0 Å². The summed E-state index contributed by atoms with van der Waals surface area (Å²) in [5, 5.41) is 9.75. The lowest BCUT2D eigenvalue weighted by Gasteiger charge is -2.10. The van der Waals surface area contributed by atoms with Crippen molar-refractivity contribution in [3.8, 4) is 17.6 Å². The number of nitrogens with zero attached hydrogens (tertiary/aromatic N) is 2. The van der Waals surface area contributed by atoms with Crippen molar-refractivity contribution in [1.82, 2.24) is 4.98 Å². The standard InChI is InChI=1S/C16H10BrN3O/c17-11-7-13-14(19)4-5-15(16(13)20-9-11)21-12-3-1-2-10(6-12)8-18/h1-7,9H,19H2. The number of nitrogen functional groups attached to an aromatic ring is 1. The Morgan fingerprint density at radius 3 is 2.86 bits per heavy atom. The molecule has 0 radical (unpaired) electrons. The van der Waals surface area contributed by atoms with Gasteiger partial charge in [0.1, 0.15) is 11.3 Å². The third-order valence-electron chi connectivity index (χ3n) is 3.00. The zero-order valence-corrected chi connectivity index (χ0v) is 12.5. The highest BCUT2D eigenvalue weighted by Gasteiger charge is 2.08. The molecule has 0 unspecified atom stereocenters. The fourth-order valence-corrected chi connectivity index (χ4v) is 2.36. The number of nitrogens with two attached hydrogens (primary N) is 1. The van der Waals surface area contributed by atoms with Gasteiger partial charge in [0, 0.05) is 21.7 Å². The number of fused-ring (bicyclic) bond motifs is 1. The number of hydrogen-bond donors (Lipinski definition) is 1. The first kappa shape index (κ1) is 13.4. The predicted octanol–water partition coefficient (Wildman–Crippen LogP) is 4.24. The topological polar surface area (TPSA) is 71.9 Å². The summed E-state index contributed by atoms with van der Waals surface area (Å²) in [5.41, 5.74) is 7.84. The zero-order chi connectivity index (χ0) is 14.8. The highest BCUT2D eigenvalue weighted by molar-refractivity contribution is 9.10. The van der Waals surface area contributed by atoms with Crippen LogP contribution in [0.4, 0.5) is 5.69 Å². The number of benzene rings is 2. The number of anilines is 1. The summed E-state index contributed by atoms with van der Waals surface area (Å²) in [6.07, 6.45) is 1.69. The molecule has 0 fully saturated rings. The molecule has 0 amide bonds. The molecular weight excluding hydrogens is 330 g/mol. The first-order valence-electron chi connectivity index (χ1n) is 6.19. The number of pyridine rings is 1. The van der Waals surface area contributed by atoms with E-state index in [2.05, 4.69) is 27.0 Å². The fourth-order valence-electron chi connectivity index (χ4n) is 2.03. The van der Waals surface area contributed by atoms with Crippen LogP contribution < -0.4 is 10.5 Å². The quantitative estimate of drug-likeness (QED) is 0.708. The molecule has 21 heavy (non-hydrogen) atoms. The molecule has 0 atom stereocenters. The van der Waals surface area contributed by atoms with Crippen molar-refractivity contribution >= 4 is 32.5 Å². The Bertz CT molecular complexity index is 871. The molecule has 0 saturated carbocycles. The Balaban J connectivity index is 2.09. The molecule has 1 aromatic heterocycles. The van der Waals surface area contributed by atoms with E-state index in [1.807, 2.05) is 6.07 Å². The molecule has 2 aromatic carbocycles. The van der Waals surface area contributed by atoms with E-state index in [4.69, 9.17) is 15.7 Å².